The zero-order valence-corrected chi connectivity index (χ0v) is 13.4. The first-order valence-electron chi connectivity index (χ1n) is 7.65. The summed E-state index contributed by atoms with van der Waals surface area (Å²) in [5, 5.41) is 11.4. The molecular weight excluding hydrogens is 314 g/mol. The number of nitro benzene ring substituents is 1. The second kappa shape index (κ2) is 6.95. The second-order valence-electron chi connectivity index (χ2n) is 5.56. The van der Waals surface area contributed by atoms with Crippen molar-refractivity contribution in [1.82, 2.24) is 4.90 Å². The molecule has 1 aromatic rings. The molecular formula is C16H17N3O3S. The van der Waals surface area contributed by atoms with Crippen LogP contribution in [0.2, 0.25) is 0 Å². The van der Waals surface area contributed by atoms with Crippen LogP contribution in [0, 0.1) is 10.1 Å². The van der Waals surface area contributed by atoms with E-state index in [0.717, 1.165) is 36.7 Å². The second-order valence-corrected chi connectivity index (χ2v) is 6.57. The van der Waals surface area contributed by atoms with E-state index in [4.69, 9.17) is 0 Å². The normalized spacial score (nSPS) is 20.5. The van der Waals surface area contributed by atoms with Crippen LogP contribution in [0.15, 0.2) is 34.2 Å². The topological polar surface area (TPSA) is 75.8 Å². The molecule has 2 heterocycles. The van der Waals surface area contributed by atoms with Crippen LogP contribution in [-0.4, -0.2) is 34.0 Å². The van der Waals surface area contributed by atoms with Gasteiger partial charge in [0, 0.05) is 25.2 Å². The molecule has 7 heteroatoms. The lowest BCUT2D eigenvalue weighted by Gasteiger charge is -2.20. The molecule has 1 fully saturated rings. The molecule has 3 rings (SSSR count). The Balaban J connectivity index is 1.72. The van der Waals surface area contributed by atoms with Crippen molar-refractivity contribution in [3.8, 4) is 0 Å². The summed E-state index contributed by atoms with van der Waals surface area (Å²) in [6.45, 7) is 1.90. The van der Waals surface area contributed by atoms with Gasteiger partial charge in [-0.15, -0.1) is 0 Å². The van der Waals surface area contributed by atoms with E-state index in [2.05, 4.69) is 9.89 Å². The van der Waals surface area contributed by atoms with Gasteiger partial charge in [0.05, 0.1) is 9.83 Å². The zero-order chi connectivity index (χ0) is 16.2. The third-order valence-corrected chi connectivity index (χ3v) is 4.93. The van der Waals surface area contributed by atoms with Crippen LogP contribution in [0.25, 0.3) is 6.08 Å². The van der Waals surface area contributed by atoms with Gasteiger partial charge < -0.3 is 4.90 Å². The van der Waals surface area contributed by atoms with E-state index in [9.17, 15) is 14.9 Å². The van der Waals surface area contributed by atoms with Gasteiger partial charge in [-0.3, -0.25) is 14.9 Å². The van der Waals surface area contributed by atoms with Crippen LogP contribution < -0.4 is 0 Å². The Bertz CT molecular complexity index is 674. The number of rotatable bonds is 2. The molecule has 0 unspecified atom stereocenters. The summed E-state index contributed by atoms with van der Waals surface area (Å²) in [5.41, 5.74) is 0.804. The van der Waals surface area contributed by atoms with Crippen molar-refractivity contribution in [2.24, 2.45) is 4.99 Å². The lowest BCUT2D eigenvalue weighted by molar-refractivity contribution is -0.384. The number of hydrogen-bond donors (Lipinski definition) is 0. The lowest BCUT2D eigenvalue weighted by Crippen LogP contribution is -2.28. The molecule has 2 aliphatic heterocycles. The summed E-state index contributed by atoms with van der Waals surface area (Å²) in [6, 6.07) is 6.16. The molecule has 0 N–H and O–H groups in total. The van der Waals surface area contributed by atoms with E-state index < -0.39 is 4.92 Å². The molecule has 2 aliphatic rings. The molecule has 1 amide bonds. The van der Waals surface area contributed by atoms with Crippen LogP contribution in [0.5, 0.6) is 0 Å². The molecule has 0 aliphatic carbocycles. The van der Waals surface area contributed by atoms with Gasteiger partial charge in [-0.2, -0.15) is 4.99 Å². The van der Waals surface area contributed by atoms with Gasteiger partial charge in [-0.1, -0.05) is 12.8 Å². The molecule has 1 aromatic carbocycles. The van der Waals surface area contributed by atoms with Gasteiger partial charge in [-0.05, 0) is 48.4 Å². The van der Waals surface area contributed by atoms with Crippen molar-refractivity contribution in [2.75, 3.05) is 13.1 Å². The van der Waals surface area contributed by atoms with Crippen molar-refractivity contribution in [3.05, 3.63) is 44.8 Å². The average Bonchev–Trinajstić information content (AvgIpc) is 2.76. The molecule has 0 aromatic heterocycles. The predicted octanol–water partition coefficient (Wildman–Crippen LogP) is 3.44. The molecule has 23 heavy (non-hydrogen) atoms. The number of amidine groups is 1. The van der Waals surface area contributed by atoms with E-state index in [-0.39, 0.29) is 11.6 Å². The van der Waals surface area contributed by atoms with Gasteiger partial charge in [0.15, 0.2) is 5.17 Å². The van der Waals surface area contributed by atoms with Crippen molar-refractivity contribution < 1.29 is 9.72 Å². The first-order valence-corrected chi connectivity index (χ1v) is 8.47. The van der Waals surface area contributed by atoms with Crippen LogP contribution in [0.3, 0.4) is 0 Å². The van der Waals surface area contributed by atoms with Crippen LogP contribution >= 0.6 is 11.8 Å². The summed E-state index contributed by atoms with van der Waals surface area (Å²) in [4.78, 5) is 29.2. The minimum atomic E-state index is -0.438. The quantitative estimate of drug-likeness (QED) is 0.471. The van der Waals surface area contributed by atoms with Gasteiger partial charge in [-0.25, -0.2) is 0 Å². The van der Waals surface area contributed by atoms with Crippen molar-refractivity contribution in [1.29, 1.82) is 0 Å². The Morgan fingerprint density at radius 1 is 1.13 bits per heavy atom. The Kier molecular flexibility index (Phi) is 4.76. The fourth-order valence-electron chi connectivity index (χ4n) is 2.64. The monoisotopic (exact) mass is 331 g/mol. The number of nitro groups is 1. The third-order valence-electron chi connectivity index (χ3n) is 3.89. The number of non-ortho nitro benzene ring substituents is 1. The highest BCUT2D eigenvalue weighted by Crippen LogP contribution is 2.31. The Labute approximate surface area is 138 Å². The molecule has 0 spiro atoms. The largest absolute Gasteiger partial charge is 0.351 e. The fourth-order valence-corrected chi connectivity index (χ4v) is 3.60. The zero-order valence-electron chi connectivity index (χ0n) is 12.6. The average molecular weight is 331 g/mol. The maximum absolute atomic E-state index is 12.1. The van der Waals surface area contributed by atoms with E-state index >= 15 is 0 Å². The van der Waals surface area contributed by atoms with E-state index in [0.29, 0.717) is 4.91 Å². The first-order chi connectivity index (χ1) is 11.1. The molecule has 6 nitrogen and oxygen atoms in total. The van der Waals surface area contributed by atoms with Crippen LogP contribution in [0.4, 0.5) is 5.69 Å². The Hall–Kier alpha value is -2.15. The van der Waals surface area contributed by atoms with E-state index in [1.807, 2.05) is 0 Å². The minimum Gasteiger partial charge on any atom is -0.351 e. The number of amides is 1. The highest BCUT2D eigenvalue weighted by atomic mass is 32.2. The van der Waals surface area contributed by atoms with Crippen molar-refractivity contribution in [2.45, 2.75) is 25.7 Å². The van der Waals surface area contributed by atoms with Gasteiger partial charge in [0.2, 0.25) is 0 Å². The number of carbonyl (C=O) groups excluding carboxylic acids is 1. The van der Waals surface area contributed by atoms with E-state index in [1.54, 1.807) is 18.2 Å². The number of carbonyl (C=O) groups is 1. The molecule has 0 saturated carbocycles. The standard InChI is InChI=1S/C16H17N3O3S/c20-15-14(11-12-5-7-13(8-6-12)19(21)22)23-16(17-15)18-9-3-1-2-4-10-18/h5-8,11H,1-4,9-10H2/b14-11-. The molecule has 1 saturated heterocycles. The Morgan fingerprint density at radius 2 is 1.78 bits per heavy atom. The minimum absolute atomic E-state index is 0.0408. The van der Waals surface area contributed by atoms with E-state index in [1.165, 1.54) is 36.7 Å². The molecule has 0 atom stereocenters. The number of likely N-dealkylation sites (tertiary alicyclic amines) is 1. The summed E-state index contributed by atoms with van der Waals surface area (Å²) < 4.78 is 0. The summed E-state index contributed by atoms with van der Waals surface area (Å²) in [6.07, 6.45) is 6.47. The third kappa shape index (κ3) is 3.79. The van der Waals surface area contributed by atoms with Crippen LogP contribution in [-0.2, 0) is 4.79 Å². The van der Waals surface area contributed by atoms with Crippen LogP contribution in [0.1, 0.15) is 31.2 Å². The smallest absolute Gasteiger partial charge is 0.286 e. The SMILES string of the molecule is O=C1N=C(N2CCCCCC2)S/C1=C\c1ccc([N+](=O)[O-])cc1. The number of hydrogen-bond acceptors (Lipinski definition) is 5. The first kappa shape index (κ1) is 15.7. The number of benzene rings is 1. The lowest BCUT2D eigenvalue weighted by atomic mass is 10.2. The summed E-state index contributed by atoms with van der Waals surface area (Å²) in [7, 11) is 0. The Morgan fingerprint density at radius 3 is 2.39 bits per heavy atom. The number of aliphatic imine (C=N–C) groups is 1. The molecule has 120 valence electrons. The maximum atomic E-state index is 12.1. The summed E-state index contributed by atoms with van der Waals surface area (Å²) in [5.74, 6) is -0.229. The van der Waals surface area contributed by atoms with Crippen molar-refractivity contribution in [3.63, 3.8) is 0 Å². The van der Waals surface area contributed by atoms with Gasteiger partial charge in [0.1, 0.15) is 0 Å². The van der Waals surface area contributed by atoms with Gasteiger partial charge in [0.25, 0.3) is 11.6 Å². The number of nitrogens with zero attached hydrogens (tertiary/aromatic N) is 3. The predicted molar refractivity (Wildman–Crippen MR) is 91.1 cm³/mol. The fraction of sp³-hybridized carbons (Fsp3) is 0.375. The van der Waals surface area contributed by atoms with Crippen molar-refractivity contribution >= 4 is 34.6 Å². The molecule has 0 bridgehead atoms. The number of thioether (sulfide) groups is 1. The molecule has 0 radical (unpaired) electrons. The maximum Gasteiger partial charge on any atom is 0.286 e. The summed E-state index contributed by atoms with van der Waals surface area (Å²) >= 11 is 1.39. The highest BCUT2D eigenvalue weighted by molar-refractivity contribution is 8.18. The highest BCUT2D eigenvalue weighted by Gasteiger charge is 2.26. The van der Waals surface area contributed by atoms with Gasteiger partial charge >= 0.3 is 0 Å².